The van der Waals surface area contributed by atoms with Crippen LogP contribution < -0.4 is 5.43 Å². The molecule has 1 aliphatic carbocycles. The number of morpholine rings is 1. The summed E-state index contributed by atoms with van der Waals surface area (Å²) in [6, 6.07) is 1.95. The van der Waals surface area contributed by atoms with E-state index in [-0.39, 0.29) is 0 Å². The van der Waals surface area contributed by atoms with Crippen molar-refractivity contribution in [3.8, 4) is 0 Å². The summed E-state index contributed by atoms with van der Waals surface area (Å²) in [5.74, 6) is 0. The van der Waals surface area contributed by atoms with Gasteiger partial charge in [0.2, 0.25) is 0 Å². The summed E-state index contributed by atoms with van der Waals surface area (Å²) >= 11 is 0. The molecule has 21 heavy (non-hydrogen) atoms. The van der Waals surface area contributed by atoms with Gasteiger partial charge in [0.1, 0.15) is 0 Å². The van der Waals surface area contributed by atoms with Crippen LogP contribution in [0.4, 0.5) is 0 Å². The molecule has 3 aliphatic rings. The van der Waals surface area contributed by atoms with Gasteiger partial charge >= 0.3 is 0 Å². The Morgan fingerprint density at radius 1 is 1.00 bits per heavy atom. The third kappa shape index (κ3) is 3.43. The van der Waals surface area contributed by atoms with Crippen molar-refractivity contribution in [1.82, 2.24) is 15.3 Å². The Hall–Kier alpha value is -0.580. The molecule has 0 aromatic carbocycles. The zero-order chi connectivity index (χ0) is 15.0. The Labute approximate surface area is 129 Å². The maximum atomic E-state index is 5.87. The Kier molecular flexibility index (Phi) is 4.57. The Morgan fingerprint density at radius 2 is 1.57 bits per heavy atom. The molecular weight excluding hydrogens is 262 g/mol. The van der Waals surface area contributed by atoms with Crippen molar-refractivity contribution >= 4 is 0 Å². The van der Waals surface area contributed by atoms with Gasteiger partial charge in [0.25, 0.3) is 0 Å². The van der Waals surface area contributed by atoms with Crippen LogP contribution in [-0.4, -0.2) is 53.3 Å². The number of nitrogens with one attached hydrogen (secondary N) is 1. The summed E-state index contributed by atoms with van der Waals surface area (Å²) in [6.45, 7) is 11.1. The van der Waals surface area contributed by atoms with Gasteiger partial charge in [-0.1, -0.05) is 0 Å². The molecule has 0 aromatic heterocycles. The first-order valence-electron chi connectivity index (χ1n) is 8.65. The van der Waals surface area contributed by atoms with Gasteiger partial charge in [0.15, 0.2) is 0 Å². The largest absolute Gasteiger partial charge is 0.373 e. The van der Waals surface area contributed by atoms with Crippen LogP contribution in [-0.2, 0) is 4.74 Å². The fraction of sp³-hybridized carbons (Fsp3) is 0.882. The molecule has 3 rings (SSSR count). The molecule has 0 radical (unpaired) electrons. The summed E-state index contributed by atoms with van der Waals surface area (Å²) in [7, 11) is 0. The van der Waals surface area contributed by atoms with Crippen LogP contribution in [0.5, 0.6) is 0 Å². The second-order valence-corrected chi connectivity index (χ2v) is 7.30. The van der Waals surface area contributed by atoms with E-state index in [2.05, 4.69) is 49.2 Å². The van der Waals surface area contributed by atoms with Crippen molar-refractivity contribution in [2.45, 2.75) is 83.7 Å². The molecule has 0 spiro atoms. The van der Waals surface area contributed by atoms with Gasteiger partial charge in [0.05, 0.1) is 12.2 Å². The number of ether oxygens (including phenoxy) is 1. The second kappa shape index (κ2) is 6.27. The van der Waals surface area contributed by atoms with E-state index < -0.39 is 0 Å². The molecule has 1 N–H and O–H groups in total. The van der Waals surface area contributed by atoms with Crippen LogP contribution in [0.3, 0.4) is 0 Å². The maximum Gasteiger partial charge on any atom is 0.0678 e. The van der Waals surface area contributed by atoms with E-state index in [1.54, 1.807) is 0 Å². The van der Waals surface area contributed by atoms with Gasteiger partial charge < -0.3 is 9.75 Å². The zero-order valence-corrected chi connectivity index (χ0v) is 14.0. The van der Waals surface area contributed by atoms with Crippen molar-refractivity contribution in [3.05, 3.63) is 11.8 Å². The molecular formula is C17H31N3O. The van der Waals surface area contributed by atoms with Crippen LogP contribution in [0, 0.1) is 0 Å². The standard InChI is InChI=1S/C17H31N3O/c1-12-9-20(18-15(12)4)17-7-5-16(6-8-17)19-10-13(2)21-14(3)11-19/h9,13-18H,5-8,10-11H2,1-4H3. The van der Waals surface area contributed by atoms with Crippen molar-refractivity contribution in [1.29, 1.82) is 0 Å². The normalized spacial score (nSPS) is 42.2. The monoisotopic (exact) mass is 293 g/mol. The van der Waals surface area contributed by atoms with Crippen molar-refractivity contribution in [3.63, 3.8) is 0 Å². The quantitative estimate of drug-likeness (QED) is 0.847. The van der Waals surface area contributed by atoms with Crippen LogP contribution in [0.15, 0.2) is 11.8 Å². The summed E-state index contributed by atoms with van der Waals surface area (Å²) in [5, 5.41) is 2.38. The third-order valence-corrected chi connectivity index (χ3v) is 5.39. The molecule has 120 valence electrons. The van der Waals surface area contributed by atoms with E-state index in [9.17, 15) is 0 Å². The zero-order valence-electron chi connectivity index (χ0n) is 14.0. The smallest absolute Gasteiger partial charge is 0.0678 e. The molecule has 0 aromatic rings. The fourth-order valence-corrected chi connectivity index (χ4v) is 4.12. The summed E-state index contributed by atoms with van der Waals surface area (Å²) in [6.07, 6.45) is 8.33. The van der Waals surface area contributed by atoms with Gasteiger partial charge in [-0.05, 0) is 59.0 Å². The van der Waals surface area contributed by atoms with E-state index in [1.165, 1.54) is 31.3 Å². The fourth-order valence-electron chi connectivity index (χ4n) is 4.12. The van der Waals surface area contributed by atoms with E-state index in [4.69, 9.17) is 4.74 Å². The molecule has 3 atom stereocenters. The Balaban J connectivity index is 1.51. The summed E-state index contributed by atoms with van der Waals surface area (Å²) in [5.41, 5.74) is 5.04. The van der Waals surface area contributed by atoms with Crippen LogP contribution >= 0.6 is 0 Å². The molecule has 2 heterocycles. The van der Waals surface area contributed by atoms with E-state index in [0.29, 0.717) is 24.3 Å². The van der Waals surface area contributed by atoms with Crippen molar-refractivity contribution in [2.24, 2.45) is 0 Å². The first kappa shape index (κ1) is 15.3. The maximum absolute atomic E-state index is 5.87. The van der Waals surface area contributed by atoms with Crippen molar-refractivity contribution < 1.29 is 4.74 Å². The molecule has 4 nitrogen and oxygen atoms in total. The third-order valence-electron chi connectivity index (χ3n) is 5.39. The van der Waals surface area contributed by atoms with Gasteiger partial charge in [-0.3, -0.25) is 4.90 Å². The number of rotatable bonds is 2. The average molecular weight is 293 g/mol. The summed E-state index contributed by atoms with van der Waals surface area (Å²) < 4.78 is 5.87. The van der Waals surface area contributed by atoms with Gasteiger partial charge in [0, 0.05) is 37.4 Å². The minimum absolute atomic E-state index is 0.387. The highest BCUT2D eigenvalue weighted by atomic mass is 16.5. The minimum atomic E-state index is 0.387. The molecule has 2 fully saturated rings. The summed E-state index contributed by atoms with van der Waals surface area (Å²) in [4.78, 5) is 2.68. The number of nitrogens with zero attached hydrogens (tertiary/aromatic N) is 2. The van der Waals surface area contributed by atoms with Gasteiger partial charge in [-0.25, -0.2) is 5.43 Å². The van der Waals surface area contributed by atoms with Gasteiger partial charge in [-0.15, -0.1) is 0 Å². The van der Waals surface area contributed by atoms with E-state index in [1.807, 2.05) is 0 Å². The van der Waals surface area contributed by atoms with Crippen LogP contribution in [0.1, 0.15) is 53.4 Å². The number of hydrazine groups is 1. The first-order valence-corrected chi connectivity index (χ1v) is 8.65. The lowest BCUT2D eigenvalue weighted by molar-refractivity contribution is -0.0860. The molecule has 3 unspecified atom stereocenters. The highest BCUT2D eigenvalue weighted by molar-refractivity contribution is 5.11. The minimum Gasteiger partial charge on any atom is -0.373 e. The van der Waals surface area contributed by atoms with Crippen LogP contribution in [0.25, 0.3) is 0 Å². The highest BCUT2D eigenvalue weighted by Crippen LogP contribution is 2.29. The predicted octanol–water partition coefficient (Wildman–Crippen LogP) is 2.52. The lowest BCUT2D eigenvalue weighted by Gasteiger charge is -2.44. The number of hydrogen-bond acceptors (Lipinski definition) is 4. The molecule has 0 amide bonds. The van der Waals surface area contributed by atoms with E-state index in [0.717, 1.165) is 19.1 Å². The van der Waals surface area contributed by atoms with Crippen molar-refractivity contribution in [2.75, 3.05) is 13.1 Å². The average Bonchev–Trinajstić information content (AvgIpc) is 2.78. The number of hydrogen-bond donors (Lipinski definition) is 1. The Morgan fingerprint density at radius 3 is 2.10 bits per heavy atom. The SMILES string of the molecule is CC1=CN(C2CCC(N3CC(C)OC(C)C3)CC2)NC1C. The highest BCUT2D eigenvalue weighted by Gasteiger charge is 2.33. The molecule has 2 aliphatic heterocycles. The molecule has 1 saturated heterocycles. The van der Waals surface area contributed by atoms with Gasteiger partial charge in [-0.2, -0.15) is 0 Å². The van der Waals surface area contributed by atoms with E-state index >= 15 is 0 Å². The lowest BCUT2D eigenvalue weighted by Crippen LogP contribution is -2.52. The lowest BCUT2D eigenvalue weighted by atomic mass is 9.89. The second-order valence-electron chi connectivity index (χ2n) is 7.30. The van der Waals surface area contributed by atoms with Crippen LogP contribution in [0.2, 0.25) is 0 Å². The topological polar surface area (TPSA) is 27.7 Å². The predicted molar refractivity (Wildman–Crippen MR) is 85.8 cm³/mol. The Bertz CT molecular complexity index is 379. The molecule has 0 bridgehead atoms. The first-order chi connectivity index (χ1) is 10.0. The molecule has 4 heteroatoms. The molecule has 1 saturated carbocycles.